The average molecular weight is 356 g/mol. The molecular weight excluding hydrogens is 322 g/mol. The first-order valence-corrected chi connectivity index (χ1v) is 10.5. The van der Waals surface area contributed by atoms with Gasteiger partial charge in [-0.05, 0) is 51.0 Å². The molecule has 4 rings (SSSR count). The fourth-order valence-corrected chi connectivity index (χ4v) is 5.16. The van der Waals surface area contributed by atoms with Crippen molar-refractivity contribution in [2.45, 2.75) is 81.8 Å². The fourth-order valence-electron chi connectivity index (χ4n) is 5.16. The van der Waals surface area contributed by atoms with Gasteiger partial charge in [0.05, 0.1) is 0 Å². The predicted octanol–water partition coefficient (Wildman–Crippen LogP) is 3.81. The van der Waals surface area contributed by atoms with Crippen molar-refractivity contribution < 1.29 is 4.79 Å². The van der Waals surface area contributed by atoms with Gasteiger partial charge in [0.25, 0.3) is 0 Å². The molecule has 1 heterocycles. The molecule has 3 fully saturated rings. The highest BCUT2D eigenvalue weighted by Gasteiger charge is 2.41. The van der Waals surface area contributed by atoms with E-state index in [2.05, 4.69) is 52.8 Å². The maximum atomic E-state index is 12.6. The van der Waals surface area contributed by atoms with Crippen LogP contribution in [0, 0.1) is 0 Å². The largest absolute Gasteiger partial charge is 0.335 e. The first kappa shape index (κ1) is 17.8. The Morgan fingerprint density at radius 1 is 1.08 bits per heavy atom. The van der Waals surface area contributed by atoms with E-state index in [1.54, 1.807) is 0 Å². The van der Waals surface area contributed by atoms with Crippen molar-refractivity contribution in [1.82, 2.24) is 15.5 Å². The van der Waals surface area contributed by atoms with Crippen LogP contribution >= 0.6 is 0 Å². The van der Waals surface area contributed by atoms with Gasteiger partial charge in [0.15, 0.2) is 0 Å². The number of piperidine rings is 1. The molecule has 1 saturated heterocycles. The lowest BCUT2D eigenvalue weighted by Crippen LogP contribution is -2.54. The first-order chi connectivity index (χ1) is 12.7. The number of nitrogens with one attached hydrogen (secondary N) is 2. The molecule has 0 spiro atoms. The Kier molecular flexibility index (Phi) is 5.21. The Hall–Kier alpha value is -1.55. The molecule has 4 heteroatoms. The molecule has 2 aliphatic carbocycles. The Bertz CT molecular complexity index is 599. The van der Waals surface area contributed by atoms with E-state index in [0.717, 1.165) is 44.8 Å². The number of carbonyl (C=O) groups is 1. The van der Waals surface area contributed by atoms with Crippen LogP contribution in [0.4, 0.5) is 4.79 Å². The van der Waals surface area contributed by atoms with Gasteiger partial charge in [0.2, 0.25) is 0 Å². The van der Waals surface area contributed by atoms with Crippen molar-refractivity contribution in [3.8, 4) is 0 Å². The van der Waals surface area contributed by atoms with Gasteiger partial charge in [0.1, 0.15) is 0 Å². The lowest BCUT2D eigenvalue weighted by Gasteiger charge is -2.37. The highest BCUT2D eigenvalue weighted by Crippen LogP contribution is 2.43. The summed E-state index contributed by atoms with van der Waals surface area (Å²) in [5.41, 5.74) is 1.47. The van der Waals surface area contributed by atoms with Gasteiger partial charge in [-0.15, -0.1) is 0 Å². The minimum absolute atomic E-state index is 0.0181. The molecule has 0 aromatic heterocycles. The van der Waals surface area contributed by atoms with E-state index >= 15 is 0 Å². The molecule has 1 aliphatic heterocycles. The normalized spacial score (nSPS) is 25.0. The van der Waals surface area contributed by atoms with Crippen molar-refractivity contribution in [3.05, 3.63) is 35.9 Å². The maximum absolute atomic E-state index is 12.6. The van der Waals surface area contributed by atoms with E-state index in [1.165, 1.54) is 31.2 Å². The van der Waals surface area contributed by atoms with E-state index in [0.29, 0.717) is 6.04 Å². The van der Waals surface area contributed by atoms with Gasteiger partial charge < -0.3 is 15.5 Å². The van der Waals surface area contributed by atoms with Crippen LogP contribution in [-0.2, 0) is 5.41 Å². The van der Waals surface area contributed by atoms with Crippen LogP contribution in [0.15, 0.2) is 30.3 Å². The van der Waals surface area contributed by atoms with Crippen LogP contribution in [0.2, 0.25) is 0 Å². The Morgan fingerprint density at radius 3 is 2.35 bits per heavy atom. The van der Waals surface area contributed by atoms with Crippen LogP contribution in [0.1, 0.15) is 63.9 Å². The number of nitrogens with zero attached hydrogens (tertiary/aromatic N) is 1. The molecule has 142 valence electrons. The van der Waals surface area contributed by atoms with Gasteiger partial charge in [-0.25, -0.2) is 4.79 Å². The second-order valence-electron chi connectivity index (χ2n) is 8.61. The third-order valence-corrected chi connectivity index (χ3v) is 6.95. The Morgan fingerprint density at radius 2 is 1.73 bits per heavy atom. The highest BCUT2D eigenvalue weighted by molar-refractivity contribution is 5.74. The summed E-state index contributed by atoms with van der Waals surface area (Å²) in [6, 6.07) is 12.1. The molecule has 1 aromatic carbocycles. The van der Waals surface area contributed by atoms with Crippen molar-refractivity contribution >= 4 is 6.03 Å². The number of benzene rings is 1. The number of amides is 2. The first-order valence-electron chi connectivity index (χ1n) is 10.5. The van der Waals surface area contributed by atoms with Gasteiger partial charge >= 0.3 is 6.03 Å². The van der Waals surface area contributed by atoms with Gasteiger partial charge in [-0.1, -0.05) is 43.2 Å². The predicted molar refractivity (Wildman–Crippen MR) is 105 cm³/mol. The zero-order chi connectivity index (χ0) is 18.0. The monoisotopic (exact) mass is 355 g/mol. The summed E-state index contributed by atoms with van der Waals surface area (Å²) in [6.07, 6.45) is 9.75. The zero-order valence-electron chi connectivity index (χ0n) is 16.0. The van der Waals surface area contributed by atoms with Crippen LogP contribution < -0.4 is 10.6 Å². The van der Waals surface area contributed by atoms with E-state index in [-0.39, 0.29) is 17.5 Å². The molecule has 1 atom stereocenters. The summed E-state index contributed by atoms with van der Waals surface area (Å²) in [6.45, 7) is 4.46. The SMILES string of the molecule is CC(NC(=O)NC1CCN(C2CC2)CC1)C1(c2ccccc2)CCCC1. The summed E-state index contributed by atoms with van der Waals surface area (Å²) in [4.78, 5) is 15.2. The number of likely N-dealkylation sites (tertiary alicyclic amines) is 1. The molecule has 4 nitrogen and oxygen atoms in total. The van der Waals surface area contributed by atoms with E-state index in [9.17, 15) is 4.79 Å². The lowest BCUT2D eigenvalue weighted by atomic mass is 9.73. The van der Waals surface area contributed by atoms with Crippen LogP contribution in [0.25, 0.3) is 0 Å². The summed E-state index contributed by atoms with van der Waals surface area (Å²) in [5.74, 6) is 0. The number of rotatable bonds is 5. The van der Waals surface area contributed by atoms with Crippen molar-refractivity contribution in [2.24, 2.45) is 0 Å². The molecule has 2 saturated carbocycles. The van der Waals surface area contributed by atoms with Crippen LogP contribution in [0.5, 0.6) is 0 Å². The molecule has 1 unspecified atom stereocenters. The van der Waals surface area contributed by atoms with Gasteiger partial charge in [-0.3, -0.25) is 0 Å². The maximum Gasteiger partial charge on any atom is 0.315 e. The molecule has 1 aromatic rings. The second-order valence-corrected chi connectivity index (χ2v) is 8.61. The highest BCUT2D eigenvalue weighted by atomic mass is 16.2. The number of hydrogen-bond donors (Lipinski definition) is 2. The number of hydrogen-bond acceptors (Lipinski definition) is 2. The van der Waals surface area contributed by atoms with Crippen LogP contribution in [-0.4, -0.2) is 42.1 Å². The summed E-state index contributed by atoms with van der Waals surface area (Å²) in [7, 11) is 0. The molecule has 0 bridgehead atoms. The third kappa shape index (κ3) is 3.75. The molecule has 2 amide bonds. The minimum atomic E-state index is 0.0181. The molecular formula is C22H33N3O. The molecule has 0 radical (unpaired) electrons. The van der Waals surface area contributed by atoms with E-state index < -0.39 is 0 Å². The van der Waals surface area contributed by atoms with Gasteiger partial charge in [-0.2, -0.15) is 0 Å². The third-order valence-electron chi connectivity index (χ3n) is 6.95. The standard InChI is InChI=1S/C22H33N3O/c1-17(22(13-5-6-14-22)18-7-3-2-4-8-18)23-21(26)24-19-11-15-25(16-12-19)20-9-10-20/h2-4,7-8,17,19-20H,5-6,9-16H2,1H3,(H2,23,24,26). The lowest BCUT2D eigenvalue weighted by molar-refractivity contribution is 0.183. The molecule has 26 heavy (non-hydrogen) atoms. The zero-order valence-corrected chi connectivity index (χ0v) is 16.0. The molecule has 2 N–H and O–H groups in total. The van der Waals surface area contributed by atoms with Crippen LogP contribution in [0.3, 0.4) is 0 Å². The average Bonchev–Trinajstić information content (AvgIpc) is 3.39. The van der Waals surface area contributed by atoms with Gasteiger partial charge in [0, 0.05) is 36.6 Å². The summed E-state index contributed by atoms with van der Waals surface area (Å²) < 4.78 is 0. The number of carbonyl (C=O) groups excluding carboxylic acids is 1. The van der Waals surface area contributed by atoms with Crippen molar-refractivity contribution in [1.29, 1.82) is 0 Å². The fraction of sp³-hybridized carbons (Fsp3) is 0.682. The summed E-state index contributed by atoms with van der Waals surface area (Å²) >= 11 is 0. The molecule has 3 aliphatic rings. The number of urea groups is 1. The topological polar surface area (TPSA) is 44.4 Å². The second kappa shape index (κ2) is 7.59. The Labute approximate surface area is 157 Å². The van der Waals surface area contributed by atoms with Crippen molar-refractivity contribution in [2.75, 3.05) is 13.1 Å². The van der Waals surface area contributed by atoms with E-state index in [1.807, 2.05) is 0 Å². The van der Waals surface area contributed by atoms with Crippen molar-refractivity contribution in [3.63, 3.8) is 0 Å². The quantitative estimate of drug-likeness (QED) is 0.843. The summed E-state index contributed by atoms with van der Waals surface area (Å²) in [5, 5.41) is 6.54. The minimum Gasteiger partial charge on any atom is -0.335 e. The van der Waals surface area contributed by atoms with E-state index in [4.69, 9.17) is 0 Å². The smallest absolute Gasteiger partial charge is 0.315 e. The Balaban J connectivity index is 1.33.